The number of sulfonamides is 1. The fraction of sp³-hybridized carbons (Fsp3) is 0.533. The monoisotopic (exact) mass is 341 g/mol. The van der Waals surface area contributed by atoms with Crippen molar-refractivity contribution in [1.29, 1.82) is 0 Å². The number of carbonyl (C=O) groups is 1. The van der Waals surface area contributed by atoms with E-state index in [-0.39, 0.29) is 17.0 Å². The minimum absolute atomic E-state index is 0.0334. The lowest BCUT2D eigenvalue weighted by atomic mass is 10.1. The van der Waals surface area contributed by atoms with E-state index in [0.29, 0.717) is 18.8 Å². The van der Waals surface area contributed by atoms with E-state index >= 15 is 0 Å². The molecule has 0 bridgehead atoms. The summed E-state index contributed by atoms with van der Waals surface area (Å²) in [6, 6.07) is 5.61. The Morgan fingerprint density at radius 3 is 2.83 bits per heavy atom. The number of anilines is 1. The molecular weight excluding hydrogens is 318 g/mol. The van der Waals surface area contributed by atoms with Crippen molar-refractivity contribution in [2.45, 2.75) is 37.2 Å². The fourth-order valence-corrected chi connectivity index (χ4v) is 3.07. The molecule has 1 atom stereocenters. The molecule has 1 aromatic rings. The van der Waals surface area contributed by atoms with Crippen molar-refractivity contribution < 1.29 is 17.9 Å². The van der Waals surface area contributed by atoms with E-state index in [2.05, 4.69) is 5.32 Å². The first kappa shape index (κ1) is 17.7. The largest absolute Gasteiger partial charge is 0.376 e. The van der Waals surface area contributed by atoms with Gasteiger partial charge < -0.3 is 15.0 Å². The average molecular weight is 341 g/mol. The highest BCUT2D eigenvalue weighted by Gasteiger charge is 2.20. The summed E-state index contributed by atoms with van der Waals surface area (Å²) in [4.78, 5) is 14.0. The Labute approximate surface area is 136 Å². The Bertz CT molecular complexity index is 642. The van der Waals surface area contributed by atoms with Crippen molar-refractivity contribution in [3.8, 4) is 0 Å². The molecule has 2 rings (SSSR count). The second kappa shape index (κ2) is 7.76. The number of nitrogens with zero attached hydrogens (tertiary/aromatic N) is 1. The van der Waals surface area contributed by atoms with Crippen LogP contribution in [0.15, 0.2) is 29.2 Å². The number of carbonyl (C=O) groups excluding carboxylic acids is 1. The van der Waals surface area contributed by atoms with Crippen LogP contribution in [0.5, 0.6) is 0 Å². The lowest BCUT2D eigenvalue weighted by Crippen LogP contribution is -2.41. The van der Waals surface area contributed by atoms with Gasteiger partial charge in [-0.2, -0.15) is 0 Å². The van der Waals surface area contributed by atoms with Gasteiger partial charge in [0.1, 0.15) is 0 Å². The molecule has 1 unspecified atom stereocenters. The first-order chi connectivity index (χ1) is 10.9. The van der Waals surface area contributed by atoms with Gasteiger partial charge in [0.25, 0.3) is 0 Å². The van der Waals surface area contributed by atoms with Crippen LogP contribution in [0.25, 0.3) is 0 Å². The number of ether oxygens (including phenoxy) is 1. The standard InChI is InChI=1S/C15H23N3O4S/c1-2-18(11-13-7-3-4-9-22-13)15(19)17-12-6-5-8-14(10-12)23(16,20)21/h5-6,8,10,13H,2-4,7,9,11H2,1H3,(H,17,19)(H2,16,20,21). The predicted molar refractivity (Wildman–Crippen MR) is 87.7 cm³/mol. The zero-order valence-corrected chi connectivity index (χ0v) is 14.0. The summed E-state index contributed by atoms with van der Waals surface area (Å²) in [5.74, 6) is 0. The van der Waals surface area contributed by atoms with Gasteiger partial charge in [0.05, 0.1) is 11.0 Å². The summed E-state index contributed by atoms with van der Waals surface area (Å²) in [7, 11) is -3.79. The molecule has 1 aliphatic heterocycles. The van der Waals surface area contributed by atoms with Gasteiger partial charge in [-0.1, -0.05) is 6.07 Å². The Hall–Kier alpha value is -1.64. The van der Waals surface area contributed by atoms with E-state index in [1.165, 1.54) is 18.2 Å². The summed E-state index contributed by atoms with van der Waals surface area (Å²) < 4.78 is 28.4. The minimum Gasteiger partial charge on any atom is -0.376 e. The molecule has 0 aromatic heterocycles. The maximum Gasteiger partial charge on any atom is 0.321 e. The smallest absolute Gasteiger partial charge is 0.321 e. The third-order valence-electron chi connectivity index (χ3n) is 3.78. The Morgan fingerprint density at radius 1 is 1.43 bits per heavy atom. The van der Waals surface area contributed by atoms with Crippen LogP contribution in [0, 0.1) is 0 Å². The second-order valence-corrected chi connectivity index (χ2v) is 7.09. The van der Waals surface area contributed by atoms with E-state index < -0.39 is 10.0 Å². The molecule has 128 valence electrons. The number of amides is 2. The minimum atomic E-state index is -3.79. The number of urea groups is 1. The van der Waals surface area contributed by atoms with Crippen LogP contribution in [0.2, 0.25) is 0 Å². The van der Waals surface area contributed by atoms with Crippen LogP contribution in [0.3, 0.4) is 0 Å². The second-order valence-electron chi connectivity index (χ2n) is 5.53. The highest BCUT2D eigenvalue weighted by Crippen LogP contribution is 2.17. The highest BCUT2D eigenvalue weighted by molar-refractivity contribution is 7.89. The highest BCUT2D eigenvalue weighted by atomic mass is 32.2. The quantitative estimate of drug-likeness (QED) is 0.852. The molecule has 1 saturated heterocycles. The topological polar surface area (TPSA) is 102 Å². The Kier molecular flexibility index (Phi) is 5.97. The molecule has 1 fully saturated rings. The number of hydrogen-bond donors (Lipinski definition) is 2. The first-order valence-corrected chi connectivity index (χ1v) is 9.25. The third kappa shape index (κ3) is 5.19. The van der Waals surface area contributed by atoms with E-state index in [0.717, 1.165) is 25.9 Å². The van der Waals surface area contributed by atoms with Crippen molar-refractivity contribution in [1.82, 2.24) is 4.90 Å². The first-order valence-electron chi connectivity index (χ1n) is 7.70. The molecule has 3 N–H and O–H groups in total. The van der Waals surface area contributed by atoms with Gasteiger partial charge in [-0.15, -0.1) is 0 Å². The van der Waals surface area contributed by atoms with Gasteiger partial charge in [0.2, 0.25) is 10.0 Å². The lowest BCUT2D eigenvalue weighted by molar-refractivity contribution is 0.00221. The summed E-state index contributed by atoms with van der Waals surface area (Å²) >= 11 is 0. The maximum absolute atomic E-state index is 12.4. The van der Waals surface area contributed by atoms with Crippen LogP contribution in [-0.4, -0.2) is 45.1 Å². The molecule has 8 heteroatoms. The zero-order chi connectivity index (χ0) is 16.9. The fourth-order valence-electron chi connectivity index (χ4n) is 2.51. The van der Waals surface area contributed by atoms with Crippen molar-refractivity contribution in [3.63, 3.8) is 0 Å². The summed E-state index contributed by atoms with van der Waals surface area (Å²) in [5, 5.41) is 7.81. The number of primary sulfonamides is 1. The van der Waals surface area contributed by atoms with E-state index in [4.69, 9.17) is 9.88 Å². The van der Waals surface area contributed by atoms with E-state index in [1.807, 2.05) is 6.92 Å². The molecule has 2 amide bonds. The number of nitrogens with two attached hydrogens (primary N) is 1. The summed E-state index contributed by atoms with van der Waals surface area (Å²) in [6.45, 7) is 3.70. The molecule has 1 aromatic carbocycles. The average Bonchev–Trinajstić information content (AvgIpc) is 2.53. The molecule has 0 radical (unpaired) electrons. The predicted octanol–water partition coefficient (Wildman–Crippen LogP) is 1.76. The van der Waals surface area contributed by atoms with Gasteiger partial charge in [-0.25, -0.2) is 18.4 Å². The van der Waals surface area contributed by atoms with Gasteiger partial charge in [-0.05, 0) is 44.4 Å². The molecule has 0 saturated carbocycles. The normalized spacial score (nSPS) is 18.4. The molecule has 7 nitrogen and oxygen atoms in total. The molecule has 0 spiro atoms. The van der Waals surface area contributed by atoms with Crippen molar-refractivity contribution >= 4 is 21.7 Å². The number of nitrogens with one attached hydrogen (secondary N) is 1. The van der Waals surface area contributed by atoms with Crippen molar-refractivity contribution in [2.24, 2.45) is 5.14 Å². The molecule has 23 heavy (non-hydrogen) atoms. The number of hydrogen-bond acceptors (Lipinski definition) is 4. The zero-order valence-electron chi connectivity index (χ0n) is 13.2. The summed E-state index contributed by atoms with van der Waals surface area (Å²) in [6.07, 6.45) is 3.19. The lowest BCUT2D eigenvalue weighted by Gasteiger charge is -2.29. The van der Waals surface area contributed by atoms with Crippen molar-refractivity contribution in [2.75, 3.05) is 25.0 Å². The van der Waals surface area contributed by atoms with Crippen LogP contribution in [0.4, 0.5) is 10.5 Å². The van der Waals surface area contributed by atoms with Crippen molar-refractivity contribution in [3.05, 3.63) is 24.3 Å². The van der Waals surface area contributed by atoms with Crippen LogP contribution >= 0.6 is 0 Å². The van der Waals surface area contributed by atoms with E-state index in [1.54, 1.807) is 11.0 Å². The van der Waals surface area contributed by atoms with Gasteiger partial charge in [0, 0.05) is 25.4 Å². The van der Waals surface area contributed by atoms with Crippen LogP contribution < -0.4 is 10.5 Å². The van der Waals surface area contributed by atoms with Crippen LogP contribution in [0.1, 0.15) is 26.2 Å². The van der Waals surface area contributed by atoms with Gasteiger partial charge in [-0.3, -0.25) is 0 Å². The van der Waals surface area contributed by atoms with Gasteiger partial charge in [0.15, 0.2) is 0 Å². The number of benzene rings is 1. The molecule has 0 aliphatic carbocycles. The summed E-state index contributed by atoms with van der Waals surface area (Å²) in [5.41, 5.74) is 0.393. The molecular formula is C15H23N3O4S. The van der Waals surface area contributed by atoms with Gasteiger partial charge >= 0.3 is 6.03 Å². The van der Waals surface area contributed by atoms with Crippen LogP contribution in [-0.2, 0) is 14.8 Å². The maximum atomic E-state index is 12.4. The SMILES string of the molecule is CCN(CC1CCCCO1)C(=O)Nc1cccc(S(N)(=O)=O)c1. The third-order valence-corrected chi connectivity index (χ3v) is 4.69. The van der Waals surface area contributed by atoms with E-state index in [9.17, 15) is 13.2 Å². The Morgan fingerprint density at radius 2 is 2.22 bits per heavy atom. The Balaban J connectivity index is 2.01. The number of likely N-dealkylation sites (N-methyl/N-ethyl adjacent to an activating group) is 1. The molecule has 1 heterocycles. The number of rotatable bonds is 5. The molecule has 1 aliphatic rings.